The summed E-state index contributed by atoms with van der Waals surface area (Å²) in [5.74, 6) is -0.424. The Morgan fingerprint density at radius 1 is 1.21 bits per heavy atom. The van der Waals surface area contributed by atoms with Crippen LogP contribution in [0.2, 0.25) is 0 Å². The van der Waals surface area contributed by atoms with Crippen LogP contribution in [0.5, 0.6) is 0 Å². The Hall–Kier alpha value is -2.35. The van der Waals surface area contributed by atoms with Gasteiger partial charge in [0, 0.05) is 12.2 Å². The number of aromatic nitrogens is 2. The molecule has 1 unspecified atom stereocenters. The summed E-state index contributed by atoms with van der Waals surface area (Å²) in [6, 6.07) is 7.82. The zero-order chi connectivity index (χ0) is 17.9. The molecule has 0 aliphatic carbocycles. The first kappa shape index (κ1) is 18.0. The van der Waals surface area contributed by atoms with E-state index in [2.05, 4.69) is 10.4 Å². The van der Waals surface area contributed by atoms with Crippen molar-refractivity contribution < 1.29 is 13.2 Å². The molecular formula is C16H22N4O3S. The van der Waals surface area contributed by atoms with Gasteiger partial charge in [-0.3, -0.25) is 13.8 Å². The van der Waals surface area contributed by atoms with Gasteiger partial charge in [0.1, 0.15) is 6.04 Å². The first-order chi connectivity index (χ1) is 11.2. The van der Waals surface area contributed by atoms with Gasteiger partial charge in [-0.2, -0.15) is 5.10 Å². The van der Waals surface area contributed by atoms with Crippen LogP contribution in [0.1, 0.15) is 26.8 Å². The van der Waals surface area contributed by atoms with Gasteiger partial charge in [0.25, 0.3) is 0 Å². The maximum absolute atomic E-state index is 12.5. The molecule has 0 saturated carbocycles. The number of hydrogen-bond acceptors (Lipinski definition) is 4. The SMILES string of the molecule is CC(C(=O)Nc1cnn(C(C)C)c1)N(c1ccccc1)S(C)(=O)=O. The van der Waals surface area contributed by atoms with Crippen molar-refractivity contribution in [2.75, 3.05) is 15.9 Å². The fourth-order valence-electron chi connectivity index (χ4n) is 2.32. The average molecular weight is 350 g/mol. The number of carbonyl (C=O) groups is 1. The van der Waals surface area contributed by atoms with Crippen LogP contribution in [-0.2, 0) is 14.8 Å². The normalized spacial score (nSPS) is 12.9. The highest BCUT2D eigenvalue weighted by atomic mass is 32.2. The van der Waals surface area contributed by atoms with Gasteiger partial charge in [0.05, 0.1) is 23.8 Å². The van der Waals surface area contributed by atoms with Crippen molar-refractivity contribution in [3.8, 4) is 0 Å². The largest absolute Gasteiger partial charge is 0.322 e. The zero-order valence-electron chi connectivity index (χ0n) is 14.2. The van der Waals surface area contributed by atoms with Crippen molar-refractivity contribution in [3.05, 3.63) is 42.7 Å². The monoisotopic (exact) mass is 350 g/mol. The third-order valence-electron chi connectivity index (χ3n) is 3.50. The molecule has 130 valence electrons. The fraction of sp³-hybridized carbons (Fsp3) is 0.375. The second kappa shape index (κ2) is 7.04. The summed E-state index contributed by atoms with van der Waals surface area (Å²) in [6.45, 7) is 5.50. The standard InChI is InChI=1S/C16H22N4O3S/c1-12(2)19-11-14(10-17-19)18-16(21)13(3)20(24(4,22)23)15-8-6-5-7-9-15/h5-13H,1-4H3,(H,18,21). The Morgan fingerprint density at radius 2 is 1.83 bits per heavy atom. The molecule has 0 aliphatic heterocycles. The van der Waals surface area contributed by atoms with Crippen LogP contribution in [0.25, 0.3) is 0 Å². The van der Waals surface area contributed by atoms with Crippen LogP contribution in [0.4, 0.5) is 11.4 Å². The van der Waals surface area contributed by atoms with Crippen molar-refractivity contribution in [1.82, 2.24) is 9.78 Å². The highest BCUT2D eigenvalue weighted by molar-refractivity contribution is 7.92. The summed E-state index contributed by atoms with van der Waals surface area (Å²) < 4.78 is 27.1. The molecule has 24 heavy (non-hydrogen) atoms. The minimum atomic E-state index is -3.61. The minimum absolute atomic E-state index is 0.171. The minimum Gasteiger partial charge on any atom is -0.322 e. The van der Waals surface area contributed by atoms with Gasteiger partial charge >= 0.3 is 0 Å². The number of para-hydroxylation sites is 1. The molecule has 1 amide bonds. The molecule has 1 heterocycles. The molecule has 0 saturated heterocycles. The number of amides is 1. The number of nitrogens with one attached hydrogen (secondary N) is 1. The first-order valence-electron chi connectivity index (χ1n) is 7.59. The van der Waals surface area contributed by atoms with E-state index in [0.717, 1.165) is 10.6 Å². The van der Waals surface area contributed by atoms with Crippen LogP contribution in [0.3, 0.4) is 0 Å². The summed E-state index contributed by atoms with van der Waals surface area (Å²) in [7, 11) is -3.61. The van der Waals surface area contributed by atoms with Crippen LogP contribution in [-0.4, -0.2) is 36.4 Å². The summed E-state index contributed by atoms with van der Waals surface area (Å²) in [5, 5.41) is 6.86. The third-order valence-corrected chi connectivity index (χ3v) is 4.74. The number of benzene rings is 1. The molecule has 0 spiro atoms. The van der Waals surface area contributed by atoms with Gasteiger partial charge in [-0.25, -0.2) is 8.42 Å². The van der Waals surface area contributed by atoms with Crippen molar-refractivity contribution in [1.29, 1.82) is 0 Å². The van der Waals surface area contributed by atoms with Crippen molar-refractivity contribution in [2.24, 2.45) is 0 Å². The smallest absolute Gasteiger partial charge is 0.248 e. The molecule has 1 atom stereocenters. The maximum Gasteiger partial charge on any atom is 0.248 e. The molecule has 7 nitrogen and oxygen atoms in total. The lowest BCUT2D eigenvalue weighted by molar-refractivity contribution is -0.116. The Balaban J connectivity index is 2.22. The lowest BCUT2D eigenvalue weighted by Gasteiger charge is -2.28. The second-order valence-corrected chi connectivity index (χ2v) is 7.72. The van der Waals surface area contributed by atoms with E-state index in [1.54, 1.807) is 48.1 Å². The predicted molar refractivity (Wildman–Crippen MR) is 94.5 cm³/mol. The van der Waals surface area contributed by atoms with Gasteiger partial charge in [-0.15, -0.1) is 0 Å². The first-order valence-corrected chi connectivity index (χ1v) is 9.44. The van der Waals surface area contributed by atoms with Gasteiger partial charge < -0.3 is 5.32 Å². The van der Waals surface area contributed by atoms with Crippen molar-refractivity contribution in [3.63, 3.8) is 0 Å². The molecule has 0 aliphatic rings. The summed E-state index contributed by atoms with van der Waals surface area (Å²) in [6.07, 6.45) is 4.33. The molecule has 2 aromatic rings. The summed E-state index contributed by atoms with van der Waals surface area (Å²) in [5.41, 5.74) is 0.975. The second-order valence-electron chi connectivity index (χ2n) is 5.86. The highest BCUT2D eigenvalue weighted by Crippen LogP contribution is 2.21. The van der Waals surface area contributed by atoms with Crippen LogP contribution < -0.4 is 9.62 Å². The van der Waals surface area contributed by atoms with Crippen LogP contribution in [0.15, 0.2) is 42.7 Å². The van der Waals surface area contributed by atoms with E-state index in [1.807, 2.05) is 13.8 Å². The van der Waals surface area contributed by atoms with E-state index in [9.17, 15) is 13.2 Å². The van der Waals surface area contributed by atoms with E-state index in [4.69, 9.17) is 0 Å². The predicted octanol–water partition coefficient (Wildman–Crippen LogP) is 2.26. The lowest BCUT2D eigenvalue weighted by Crippen LogP contribution is -2.45. The van der Waals surface area contributed by atoms with Gasteiger partial charge in [-0.05, 0) is 32.9 Å². The van der Waals surface area contributed by atoms with E-state index in [-0.39, 0.29) is 6.04 Å². The van der Waals surface area contributed by atoms with Gasteiger partial charge in [0.2, 0.25) is 15.9 Å². The Morgan fingerprint density at radius 3 is 2.33 bits per heavy atom. The molecule has 1 N–H and O–H groups in total. The van der Waals surface area contributed by atoms with E-state index >= 15 is 0 Å². The maximum atomic E-state index is 12.5. The molecule has 1 aromatic carbocycles. The summed E-state index contributed by atoms with van der Waals surface area (Å²) in [4.78, 5) is 12.5. The number of sulfonamides is 1. The number of nitrogens with zero attached hydrogens (tertiary/aromatic N) is 3. The number of hydrogen-bond donors (Lipinski definition) is 1. The van der Waals surface area contributed by atoms with Crippen molar-refractivity contribution in [2.45, 2.75) is 32.9 Å². The highest BCUT2D eigenvalue weighted by Gasteiger charge is 2.29. The Bertz CT molecular complexity index is 800. The average Bonchev–Trinajstić information content (AvgIpc) is 2.95. The molecule has 8 heteroatoms. The van der Waals surface area contributed by atoms with E-state index in [0.29, 0.717) is 11.4 Å². The number of anilines is 2. The van der Waals surface area contributed by atoms with E-state index in [1.165, 1.54) is 6.20 Å². The van der Waals surface area contributed by atoms with E-state index < -0.39 is 22.0 Å². The molecule has 2 rings (SSSR count). The Labute approximate surface area is 142 Å². The number of rotatable bonds is 6. The molecule has 0 radical (unpaired) electrons. The topological polar surface area (TPSA) is 84.3 Å². The molecular weight excluding hydrogens is 328 g/mol. The molecule has 1 aromatic heterocycles. The molecule has 0 fully saturated rings. The van der Waals surface area contributed by atoms with Crippen LogP contribution in [0, 0.1) is 0 Å². The zero-order valence-corrected chi connectivity index (χ0v) is 15.0. The third kappa shape index (κ3) is 4.14. The lowest BCUT2D eigenvalue weighted by atomic mass is 10.2. The Kier molecular flexibility index (Phi) is 5.28. The van der Waals surface area contributed by atoms with Crippen LogP contribution >= 0.6 is 0 Å². The molecule has 0 bridgehead atoms. The van der Waals surface area contributed by atoms with Gasteiger partial charge in [-0.1, -0.05) is 18.2 Å². The number of carbonyl (C=O) groups excluding carboxylic acids is 1. The fourth-order valence-corrected chi connectivity index (χ4v) is 3.49. The van der Waals surface area contributed by atoms with Gasteiger partial charge in [0.15, 0.2) is 0 Å². The van der Waals surface area contributed by atoms with Crippen molar-refractivity contribution >= 4 is 27.3 Å². The summed E-state index contributed by atoms with van der Waals surface area (Å²) >= 11 is 0. The quantitative estimate of drug-likeness (QED) is 0.866.